The topological polar surface area (TPSA) is 68.8 Å². The first-order chi connectivity index (χ1) is 14.1. The number of nitriles is 1. The number of carbonyl (C=O) groups excluding carboxylic acids is 1. The van der Waals surface area contributed by atoms with Crippen molar-refractivity contribution in [3.05, 3.63) is 98.8 Å². The Bertz CT molecular complexity index is 1170. The summed E-state index contributed by atoms with van der Waals surface area (Å²) >= 11 is 2.26. The largest absolute Gasteiger partial charge is 0.327 e. The van der Waals surface area contributed by atoms with E-state index in [0.29, 0.717) is 18.2 Å². The molecule has 0 N–H and O–H groups in total. The molecule has 0 spiro atoms. The van der Waals surface area contributed by atoms with Crippen molar-refractivity contribution in [1.29, 1.82) is 5.26 Å². The third-order valence-corrected chi connectivity index (χ3v) is 5.09. The lowest BCUT2D eigenvalue weighted by Crippen LogP contribution is -2.24. The second-order valence-corrected chi connectivity index (χ2v) is 7.67. The van der Waals surface area contributed by atoms with Crippen LogP contribution in [0.2, 0.25) is 0 Å². The Kier molecular flexibility index (Phi) is 5.49. The van der Waals surface area contributed by atoms with Crippen LogP contribution in [0, 0.1) is 11.3 Å². The number of amides is 1. The zero-order chi connectivity index (χ0) is 20.2. The Morgan fingerprint density at radius 3 is 2.69 bits per heavy atom. The van der Waals surface area contributed by atoms with E-state index in [0.717, 1.165) is 20.3 Å². The minimum Gasteiger partial charge on any atom is -0.327 e. The van der Waals surface area contributed by atoms with Crippen molar-refractivity contribution in [3.8, 4) is 6.07 Å². The van der Waals surface area contributed by atoms with Gasteiger partial charge in [-0.1, -0.05) is 54.6 Å². The molecule has 0 saturated heterocycles. The summed E-state index contributed by atoms with van der Waals surface area (Å²) in [6.07, 6.45) is 7.41. The van der Waals surface area contributed by atoms with Gasteiger partial charge < -0.3 is 4.90 Å². The summed E-state index contributed by atoms with van der Waals surface area (Å²) in [6.45, 7) is 0.629. The molecule has 140 valence electrons. The minimum absolute atomic E-state index is 0.0314. The molecule has 4 rings (SSSR count). The van der Waals surface area contributed by atoms with Crippen molar-refractivity contribution in [1.82, 2.24) is 4.90 Å². The zero-order valence-corrected chi connectivity index (χ0v) is 17.4. The van der Waals surface area contributed by atoms with Gasteiger partial charge in [-0.3, -0.25) is 4.79 Å². The molecule has 0 saturated carbocycles. The number of benzene rings is 2. The smallest absolute Gasteiger partial charge is 0.289 e. The van der Waals surface area contributed by atoms with Gasteiger partial charge in [0.05, 0.1) is 0 Å². The van der Waals surface area contributed by atoms with E-state index in [1.54, 1.807) is 6.08 Å². The van der Waals surface area contributed by atoms with Crippen LogP contribution in [0.4, 0.5) is 0 Å². The average molecular weight is 490 g/mol. The lowest BCUT2D eigenvalue weighted by molar-refractivity contribution is -0.113. The molecule has 0 unspecified atom stereocenters. The van der Waals surface area contributed by atoms with Crippen LogP contribution in [0.25, 0.3) is 6.08 Å². The molecule has 0 aliphatic carbocycles. The molecule has 0 radical (unpaired) electrons. The maximum atomic E-state index is 12.8. The summed E-state index contributed by atoms with van der Waals surface area (Å²) < 4.78 is 1.09. The molecule has 2 heterocycles. The van der Waals surface area contributed by atoms with Gasteiger partial charge in [0.25, 0.3) is 5.91 Å². The van der Waals surface area contributed by atoms with Crippen molar-refractivity contribution in [2.24, 2.45) is 9.98 Å². The Balaban J connectivity index is 1.78. The molecule has 2 aliphatic heterocycles. The van der Waals surface area contributed by atoms with E-state index >= 15 is 0 Å². The van der Waals surface area contributed by atoms with Gasteiger partial charge in [0.2, 0.25) is 0 Å². The first-order valence-corrected chi connectivity index (χ1v) is 10.0. The predicted molar refractivity (Wildman–Crippen MR) is 122 cm³/mol. The van der Waals surface area contributed by atoms with Gasteiger partial charge in [0, 0.05) is 21.9 Å². The molecule has 5 nitrogen and oxygen atoms in total. The van der Waals surface area contributed by atoms with Crippen LogP contribution in [-0.2, 0) is 11.3 Å². The van der Waals surface area contributed by atoms with Gasteiger partial charge in [0.1, 0.15) is 17.5 Å². The minimum atomic E-state index is -0.608. The normalized spacial score (nSPS) is 16.9. The highest BCUT2D eigenvalue weighted by molar-refractivity contribution is 14.1. The lowest BCUT2D eigenvalue weighted by atomic mass is 10.1. The average Bonchev–Trinajstić information content (AvgIpc) is 2.89. The summed E-state index contributed by atoms with van der Waals surface area (Å²) in [5, 5.41) is 9.48. The fourth-order valence-corrected chi connectivity index (χ4v) is 3.58. The number of aliphatic imine (C=N–C) groups is 2. The number of carbonyl (C=O) groups is 1. The Labute approximate surface area is 182 Å². The monoisotopic (exact) mass is 490 g/mol. The van der Waals surface area contributed by atoms with Crippen molar-refractivity contribution < 1.29 is 4.79 Å². The number of allylic oxidation sites excluding steroid dienone is 2. The number of hydrogen-bond acceptors (Lipinski definition) is 3. The Morgan fingerprint density at radius 2 is 1.90 bits per heavy atom. The predicted octanol–water partition coefficient (Wildman–Crippen LogP) is 4.63. The number of amidine groups is 2. The van der Waals surface area contributed by atoms with Crippen LogP contribution in [0.15, 0.2) is 92.1 Å². The van der Waals surface area contributed by atoms with Gasteiger partial charge in [-0.25, -0.2) is 4.99 Å². The molecule has 2 aromatic rings. The van der Waals surface area contributed by atoms with Crippen LogP contribution in [0.1, 0.15) is 16.7 Å². The standard InChI is InChI=1S/C23H15IN4O/c24-19-10-11-21-26-22(20-9-5-4-8-17(20)14-28(21)15-19)27-23(29)18(13-25)12-16-6-2-1-3-7-16/h1-12,15H,14H2/b18-12+,27-22?. The van der Waals surface area contributed by atoms with Gasteiger partial charge >= 0.3 is 0 Å². The third-order valence-electron chi connectivity index (χ3n) is 4.45. The van der Waals surface area contributed by atoms with E-state index < -0.39 is 5.91 Å². The van der Waals surface area contributed by atoms with Crippen LogP contribution >= 0.6 is 22.6 Å². The Hall–Kier alpha value is -3.31. The number of rotatable bonds is 2. The fraction of sp³-hybridized carbons (Fsp3) is 0.0435. The Morgan fingerprint density at radius 1 is 1.14 bits per heavy atom. The molecule has 2 aliphatic rings. The van der Waals surface area contributed by atoms with E-state index in [1.807, 2.05) is 83.9 Å². The molecule has 1 amide bonds. The summed E-state index contributed by atoms with van der Waals surface area (Å²) in [6, 6.07) is 18.9. The lowest BCUT2D eigenvalue weighted by Gasteiger charge is -2.21. The van der Waals surface area contributed by atoms with E-state index in [-0.39, 0.29) is 5.57 Å². The summed E-state index contributed by atoms with van der Waals surface area (Å²) in [5.74, 6) is 0.412. The quantitative estimate of drug-likeness (QED) is 0.351. The zero-order valence-electron chi connectivity index (χ0n) is 15.3. The molecule has 29 heavy (non-hydrogen) atoms. The highest BCUT2D eigenvalue weighted by Crippen LogP contribution is 2.24. The van der Waals surface area contributed by atoms with E-state index in [2.05, 4.69) is 32.6 Å². The molecule has 0 bridgehead atoms. The van der Waals surface area contributed by atoms with Crippen LogP contribution in [-0.4, -0.2) is 22.5 Å². The highest BCUT2D eigenvalue weighted by atomic mass is 127. The molecule has 0 aromatic heterocycles. The number of hydrogen-bond donors (Lipinski definition) is 0. The molecule has 2 aromatic carbocycles. The van der Waals surface area contributed by atoms with Crippen LogP contribution in [0.5, 0.6) is 0 Å². The number of nitrogens with zero attached hydrogens (tertiary/aromatic N) is 4. The second kappa shape index (κ2) is 8.37. The van der Waals surface area contributed by atoms with Crippen molar-refractivity contribution in [3.63, 3.8) is 0 Å². The molecule has 0 fully saturated rings. The maximum absolute atomic E-state index is 12.8. The maximum Gasteiger partial charge on any atom is 0.289 e. The third kappa shape index (κ3) is 4.25. The summed E-state index contributed by atoms with van der Waals surface area (Å²) in [7, 11) is 0. The van der Waals surface area contributed by atoms with Gasteiger partial charge in [-0.05, 0) is 51.9 Å². The van der Waals surface area contributed by atoms with E-state index in [1.165, 1.54) is 0 Å². The van der Waals surface area contributed by atoms with Gasteiger partial charge in [0.15, 0.2) is 5.84 Å². The fourth-order valence-electron chi connectivity index (χ4n) is 3.06. The second-order valence-electron chi connectivity index (χ2n) is 6.42. The van der Waals surface area contributed by atoms with E-state index in [4.69, 9.17) is 0 Å². The molecular formula is C23H15IN4O. The number of fused-ring (bicyclic) bond motifs is 2. The SMILES string of the molecule is N#C/C(=C\c1ccccc1)C(=O)N=C1N=C2C=CC(I)=CN2Cc2ccccc21. The van der Waals surface area contributed by atoms with Crippen molar-refractivity contribution >= 4 is 46.2 Å². The highest BCUT2D eigenvalue weighted by Gasteiger charge is 2.22. The van der Waals surface area contributed by atoms with Gasteiger partial charge in [-0.2, -0.15) is 10.3 Å². The molecule has 6 heteroatoms. The van der Waals surface area contributed by atoms with Crippen LogP contribution < -0.4 is 0 Å². The summed E-state index contributed by atoms with van der Waals surface area (Å²) in [5.41, 5.74) is 2.54. The van der Waals surface area contributed by atoms with E-state index in [9.17, 15) is 10.1 Å². The van der Waals surface area contributed by atoms with Crippen molar-refractivity contribution in [2.75, 3.05) is 0 Å². The van der Waals surface area contributed by atoms with Crippen molar-refractivity contribution in [2.45, 2.75) is 6.54 Å². The molecule has 0 atom stereocenters. The number of halogens is 1. The van der Waals surface area contributed by atoms with Gasteiger partial charge in [-0.15, -0.1) is 0 Å². The first-order valence-electron chi connectivity index (χ1n) is 8.93. The summed E-state index contributed by atoms with van der Waals surface area (Å²) in [4.78, 5) is 23.7. The first kappa shape index (κ1) is 19.0. The molecular weight excluding hydrogens is 475 g/mol. The van der Waals surface area contributed by atoms with Crippen LogP contribution in [0.3, 0.4) is 0 Å².